The van der Waals surface area contributed by atoms with Gasteiger partial charge in [0.05, 0.1) is 6.16 Å². The molecule has 0 radical (unpaired) electrons. The van der Waals surface area contributed by atoms with E-state index in [1.807, 2.05) is 36.4 Å². The highest BCUT2D eigenvalue weighted by molar-refractivity contribution is 7.73. The van der Waals surface area contributed by atoms with E-state index in [1.165, 1.54) is 10.6 Å². The molecule has 0 aromatic heterocycles. The molecule has 0 heterocycles. The molecule has 20 heavy (non-hydrogen) atoms. The van der Waals surface area contributed by atoms with Crippen LogP contribution in [0.4, 0.5) is 0 Å². The molecule has 0 atom stereocenters. The fourth-order valence-corrected chi connectivity index (χ4v) is 5.23. The first-order valence-corrected chi connectivity index (χ1v) is 9.81. The smallest absolute Gasteiger partial charge is 0.324 e. The van der Waals surface area contributed by atoms with Crippen LogP contribution in [-0.2, 0) is 4.57 Å². The molecule has 106 valence electrons. The summed E-state index contributed by atoms with van der Waals surface area (Å²) in [6, 6.07) is 20.4. The van der Waals surface area contributed by atoms with E-state index >= 15 is 0 Å². The van der Waals surface area contributed by atoms with Crippen LogP contribution in [0.2, 0.25) is 0 Å². The minimum Gasteiger partial charge on any atom is -0.324 e. The first-order chi connectivity index (χ1) is 9.56. The highest BCUT2D eigenvalue weighted by Crippen LogP contribution is 2.39. The lowest BCUT2D eigenvalue weighted by atomic mass is 10.4. The van der Waals surface area contributed by atoms with Gasteiger partial charge >= 0.3 is 7.60 Å². The number of rotatable bonds is 6. The third-order valence-electron chi connectivity index (χ3n) is 2.97. The van der Waals surface area contributed by atoms with Crippen LogP contribution in [0.25, 0.3) is 0 Å². The molecule has 0 aliphatic rings. The van der Waals surface area contributed by atoms with Crippen molar-refractivity contribution in [1.82, 2.24) is 0 Å². The van der Waals surface area contributed by atoms with Crippen LogP contribution in [0, 0.1) is 0 Å². The van der Waals surface area contributed by atoms with Crippen LogP contribution in [-0.4, -0.2) is 22.1 Å². The van der Waals surface area contributed by atoms with Crippen LogP contribution in [0.1, 0.15) is 6.42 Å². The molecule has 0 amide bonds. The van der Waals surface area contributed by atoms with Gasteiger partial charge in [0.15, 0.2) is 0 Å². The van der Waals surface area contributed by atoms with E-state index < -0.39 is 15.5 Å². The zero-order valence-electron chi connectivity index (χ0n) is 11.1. The molecule has 0 aliphatic carbocycles. The lowest BCUT2D eigenvalue weighted by Crippen LogP contribution is -2.14. The fourth-order valence-electron chi connectivity index (χ4n) is 2.06. The second kappa shape index (κ2) is 7.15. The predicted octanol–water partition coefficient (Wildman–Crippen LogP) is 2.69. The number of benzene rings is 2. The van der Waals surface area contributed by atoms with E-state index in [4.69, 9.17) is 9.79 Å². The summed E-state index contributed by atoms with van der Waals surface area (Å²) >= 11 is 0. The Kier molecular flexibility index (Phi) is 5.51. The van der Waals surface area contributed by atoms with Gasteiger partial charge in [-0.1, -0.05) is 60.7 Å². The quantitative estimate of drug-likeness (QED) is 0.807. The van der Waals surface area contributed by atoms with E-state index in [-0.39, 0.29) is 6.16 Å². The second-order valence-electron chi connectivity index (χ2n) is 4.56. The second-order valence-corrected chi connectivity index (χ2v) is 8.68. The molecule has 5 heteroatoms. The molecular weight excluding hydrogens is 290 g/mol. The summed E-state index contributed by atoms with van der Waals surface area (Å²) < 4.78 is 11.0. The topological polar surface area (TPSA) is 57.5 Å². The molecule has 0 aliphatic heterocycles. The van der Waals surface area contributed by atoms with Gasteiger partial charge in [0.2, 0.25) is 0 Å². The lowest BCUT2D eigenvalue weighted by molar-refractivity contribution is 0.372. The van der Waals surface area contributed by atoms with E-state index in [0.717, 1.165) is 6.16 Å². The van der Waals surface area contributed by atoms with Crippen LogP contribution in [0.15, 0.2) is 60.7 Å². The fraction of sp³-hybridized carbons (Fsp3) is 0.200. The normalized spacial score (nSPS) is 11.8. The van der Waals surface area contributed by atoms with Gasteiger partial charge in [0, 0.05) is 0 Å². The first kappa shape index (κ1) is 15.4. The zero-order valence-corrected chi connectivity index (χ0v) is 12.9. The van der Waals surface area contributed by atoms with Gasteiger partial charge in [-0.15, -0.1) is 0 Å². The Balaban J connectivity index is 2.15. The molecule has 2 N–H and O–H groups in total. The molecule has 2 rings (SSSR count). The van der Waals surface area contributed by atoms with Gasteiger partial charge in [-0.05, 0) is 31.1 Å². The predicted molar refractivity (Wildman–Crippen MR) is 85.5 cm³/mol. The summed E-state index contributed by atoms with van der Waals surface area (Å²) in [5, 5.41) is 2.50. The maximum Gasteiger partial charge on any atom is 0.325 e. The molecule has 0 spiro atoms. The van der Waals surface area contributed by atoms with E-state index in [2.05, 4.69) is 24.3 Å². The summed E-state index contributed by atoms with van der Waals surface area (Å²) in [7, 11) is -4.44. The Hall–Kier alpha value is -0.980. The Labute approximate surface area is 120 Å². The lowest BCUT2D eigenvalue weighted by Gasteiger charge is -2.18. The van der Waals surface area contributed by atoms with Gasteiger partial charge in [0.25, 0.3) is 0 Å². The van der Waals surface area contributed by atoms with Gasteiger partial charge < -0.3 is 9.79 Å². The highest BCUT2D eigenvalue weighted by Gasteiger charge is 2.17. The van der Waals surface area contributed by atoms with Crippen LogP contribution >= 0.6 is 15.5 Å². The van der Waals surface area contributed by atoms with Gasteiger partial charge in [-0.3, -0.25) is 4.57 Å². The standard InChI is InChI=1S/C15H18O3P2/c16-20(17,18)13-7-12-19(14-8-3-1-4-9-14)15-10-5-2-6-11-15/h1-6,8-11H,7,12-13H2,(H2,16,17,18). The van der Waals surface area contributed by atoms with Gasteiger partial charge in [-0.2, -0.15) is 0 Å². The zero-order chi connectivity index (χ0) is 14.4. The Bertz CT molecular complexity index is 527. The van der Waals surface area contributed by atoms with Crippen molar-refractivity contribution < 1.29 is 14.4 Å². The van der Waals surface area contributed by atoms with Crippen molar-refractivity contribution in [3.05, 3.63) is 60.7 Å². The van der Waals surface area contributed by atoms with Crippen LogP contribution < -0.4 is 10.6 Å². The van der Waals surface area contributed by atoms with E-state index in [1.54, 1.807) is 0 Å². The largest absolute Gasteiger partial charge is 0.325 e. The van der Waals surface area contributed by atoms with Crippen LogP contribution in [0.5, 0.6) is 0 Å². The molecule has 0 bridgehead atoms. The molecule has 2 aromatic rings. The Morgan fingerprint density at radius 3 is 1.70 bits per heavy atom. The third kappa shape index (κ3) is 4.85. The molecule has 0 unspecified atom stereocenters. The van der Waals surface area contributed by atoms with Gasteiger partial charge in [-0.25, -0.2) is 0 Å². The molecular formula is C15H18O3P2. The number of hydrogen-bond acceptors (Lipinski definition) is 1. The summed E-state index contributed by atoms with van der Waals surface area (Å²) in [4.78, 5) is 18.0. The van der Waals surface area contributed by atoms with Crippen molar-refractivity contribution in [1.29, 1.82) is 0 Å². The van der Waals surface area contributed by atoms with E-state index in [0.29, 0.717) is 6.42 Å². The van der Waals surface area contributed by atoms with Crippen molar-refractivity contribution in [3.63, 3.8) is 0 Å². The van der Waals surface area contributed by atoms with Crippen molar-refractivity contribution in [2.24, 2.45) is 0 Å². The monoisotopic (exact) mass is 308 g/mol. The molecule has 0 saturated heterocycles. The van der Waals surface area contributed by atoms with Crippen molar-refractivity contribution >= 4 is 26.1 Å². The molecule has 0 fully saturated rings. The Morgan fingerprint density at radius 2 is 1.30 bits per heavy atom. The minimum absolute atomic E-state index is 0.0362. The third-order valence-corrected chi connectivity index (χ3v) is 6.47. The number of hydrogen-bond donors (Lipinski definition) is 2. The maximum atomic E-state index is 11.0. The summed E-state index contributed by atoms with van der Waals surface area (Å²) in [6.45, 7) is 0. The maximum absolute atomic E-state index is 11.0. The molecule has 0 saturated carbocycles. The average molecular weight is 308 g/mol. The minimum atomic E-state index is -3.89. The van der Waals surface area contributed by atoms with Crippen molar-refractivity contribution in [2.45, 2.75) is 6.42 Å². The summed E-state index contributed by atoms with van der Waals surface area (Å²) in [5.74, 6) is 0. The van der Waals surface area contributed by atoms with E-state index in [9.17, 15) is 4.57 Å². The SMILES string of the molecule is O=P(O)(O)CCCP(c1ccccc1)c1ccccc1. The average Bonchev–Trinajstić information content (AvgIpc) is 2.44. The van der Waals surface area contributed by atoms with Crippen LogP contribution in [0.3, 0.4) is 0 Å². The van der Waals surface area contributed by atoms with Crippen molar-refractivity contribution in [2.75, 3.05) is 12.3 Å². The highest BCUT2D eigenvalue weighted by atomic mass is 31.2. The molecule has 3 nitrogen and oxygen atoms in total. The first-order valence-electron chi connectivity index (χ1n) is 6.48. The summed E-state index contributed by atoms with van der Waals surface area (Å²) in [6.07, 6.45) is 1.31. The summed E-state index contributed by atoms with van der Waals surface area (Å²) in [5.41, 5.74) is 0. The molecule has 2 aromatic carbocycles. The van der Waals surface area contributed by atoms with Gasteiger partial charge in [0.1, 0.15) is 0 Å². The Morgan fingerprint density at radius 1 is 0.850 bits per heavy atom. The van der Waals surface area contributed by atoms with Crippen molar-refractivity contribution in [3.8, 4) is 0 Å².